The van der Waals surface area contributed by atoms with Gasteiger partial charge in [-0.15, -0.1) is 0 Å². The minimum absolute atomic E-state index is 0.123. The molecule has 6 nitrogen and oxygen atoms in total. The van der Waals surface area contributed by atoms with E-state index in [4.69, 9.17) is 11.5 Å². The highest BCUT2D eigenvalue weighted by Gasteiger charge is 2.14. The van der Waals surface area contributed by atoms with Gasteiger partial charge in [0.25, 0.3) is 0 Å². The summed E-state index contributed by atoms with van der Waals surface area (Å²) < 4.78 is 0. The van der Waals surface area contributed by atoms with E-state index in [0.29, 0.717) is 29.4 Å². The first-order chi connectivity index (χ1) is 9.31. The van der Waals surface area contributed by atoms with Gasteiger partial charge in [0, 0.05) is 12.1 Å². The Kier molecular flexibility index (Phi) is 5.37. The van der Waals surface area contributed by atoms with Crippen LogP contribution in [0.5, 0.6) is 0 Å². The molecule has 0 radical (unpaired) electrons. The summed E-state index contributed by atoms with van der Waals surface area (Å²) in [5.41, 5.74) is 12.4. The normalized spacial score (nSPS) is 12.0. The van der Waals surface area contributed by atoms with Crippen molar-refractivity contribution in [3.8, 4) is 0 Å². The summed E-state index contributed by atoms with van der Waals surface area (Å²) in [5, 5.41) is 5.81. The summed E-state index contributed by atoms with van der Waals surface area (Å²) in [5.74, 6) is -0.276. The van der Waals surface area contributed by atoms with E-state index in [0.717, 1.165) is 0 Å². The molecule has 6 N–H and O–H groups in total. The Bertz CT molecular complexity index is 500. The molecule has 1 atom stereocenters. The molecule has 0 aliphatic rings. The molecule has 1 aromatic carbocycles. The highest BCUT2D eigenvalue weighted by molar-refractivity contribution is 5.95. The first-order valence-corrected chi connectivity index (χ1v) is 6.54. The number of nitrogen functional groups attached to an aromatic ring is 1. The average Bonchev–Trinajstić information content (AvgIpc) is 2.37. The smallest absolute Gasteiger partial charge is 0.248 e. The standard InChI is InChI=1S/C14H22N4O2/c1-8(2)7-17-14(20)9(3)18-12-6-10(13(16)19)4-5-11(12)15/h4-6,8-9,18H,7,15H2,1-3H3,(H2,16,19)(H,17,20). The number of nitrogens with one attached hydrogen (secondary N) is 2. The van der Waals surface area contributed by atoms with Crippen LogP contribution in [0.1, 0.15) is 31.1 Å². The second-order valence-electron chi connectivity index (χ2n) is 5.17. The summed E-state index contributed by atoms with van der Waals surface area (Å²) in [6.07, 6.45) is 0. The van der Waals surface area contributed by atoms with Crippen LogP contribution < -0.4 is 22.1 Å². The Labute approximate surface area is 118 Å². The van der Waals surface area contributed by atoms with Gasteiger partial charge in [0.15, 0.2) is 0 Å². The minimum atomic E-state index is -0.537. The monoisotopic (exact) mass is 278 g/mol. The second kappa shape index (κ2) is 6.79. The quantitative estimate of drug-likeness (QED) is 0.580. The van der Waals surface area contributed by atoms with Crippen molar-refractivity contribution in [2.24, 2.45) is 11.7 Å². The van der Waals surface area contributed by atoms with Crippen molar-refractivity contribution in [1.29, 1.82) is 0 Å². The number of carbonyl (C=O) groups is 2. The molecule has 0 spiro atoms. The van der Waals surface area contributed by atoms with Crippen molar-refractivity contribution in [3.05, 3.63) is 23.8 Å². The fourth-order valence-electron chi connectivity index (χ4n) is 1.59. The molecule has 6 heteroatoms. The van der Waals surface area contributed by atoms with Crippen LogP contribution in [0.3, 0.4) is 0 Å². The number of carbonyl (C=O) groups excluding carboxylic acids is 2. The van der Waals surface area contributed by atoms with Crippen molar-refractivity contribution in [3.63, 3.8) is 0 Å². The first-order valence-electron chi connectivity index (χ1n) is 6.54. The molecule has 20 heavy (non-hydrogen) atoms. The van der Waals surface area contributed by atoms with Gasteiger partial charge in [0.2, 0.25) is 11.8 Å². The Morgan fingerprint density at radius 1 is 1.25 bits per heavy atom. The van der Waals surface area contributed by atoms with Gasteiger partial charge < -0.3 is 22.1 Å². The molecule has 1 unspecified atom stereocenters. The number of anilines is 2. The molecule has 110 valence electrons. The number of hydrogen-bond donors (Lipinski definition) is 4. The molecule has 2 amide bonds. The van der Waals surface area contributed by atoms with Crippen LogP contribution in [0.15, 0.2) is 18.2 Å². The van der Waals surface area contributed by atoms with E-state index in [9.17, 15) is 9.59 Å². The predicted molar refractivity (Wildman–Crippen MR) is 80.3 cm³/mol. The molecule has 0 aromatic heterocycles. The van der Waals surface area contributed by atoms with Gasteiger partial charge >= 0.3 is 0 Å². The molecule has 1 aromatic rings. The van der Waals surface area contributed by atoms with Gasteiger partial charge in [-0.25, -0.2) is 0 Å². The molecule has 0 saturated carbocycles. The Hall–Kier alpha value is -2.24. The summed E-state index contributed by atoms with van der Waals surface area (Å²) in [4.78, 5) is 23.0. The predicted octanol–water partition coefficient (Wildman–Crippen LogP) is 0.940. The number of primary amides is 1. The summed E-state index contributed by atoms with van der Waals surface area (Å²) in [7, 11) is 0. The molecular formula is C14H22N4O2. The van der Waals surface area contributed by atoms with Crippen LogP contribution in [0, 0.1) is 5.92 Å². The third-order valence-electron chi connectivity index (χ3n) is 2.79. The highest BCUT2D eigenvalue weighted by atomic mass is 16.2. The second-order valence-corrected chi connectivity index (χ2v) is 5.17. The van der Waals surface area contributed by atoms with E-state index in [1.165, 1.54) is 0 Å². The van der Waals surface area contributed by atoms with E-state index in [-0.39, 0.29) is 5.91 Å². The van der Waals surface area contributed by atoms with Gasteiger partial charge in [0.05, 0.1) is 11.4 Å². The van der Waals surface area contributed by atoms with Crippen LogP contribution in [0.4, 0.5) is 11.4 Å². The molecule has 0 aliphatic carbocycles. The van der Waals surface area contributed by atoms with Crippen LogP contribution in [0.25, 0.3) is 0 Å². The van der Waals surface area contributed by atoms with Gasteiger partial charge in [-0.1, -0.05) is 13.8 Å². The van der Waals surface area contributed by atoms with Crippen LogP contribution >= 0.6 is 0 Å². The third-order valence-corrected chi connectivity index (χ3v) is 2.79. The average molecular weight is 278 g/mol. The van der Waals surface area contributed by atoms with Crippen molar-refractivity contribution < 1.29 is 9.59 Å². The summed E-state index contributed by atoms with van der Waals surface area (Å²) in [6, 6.07) is 4.22. The van der Waals surface area contributed by atoms with E-state index in [1.54, 1.807) is 25.1 Å². The van der Waals surface area contributed by atoms with Gasteiger partial charge in [-0.05, 0) is 31.0 Å². The topological polar surface area (TPSA) is 110 Å². The summed E-state index contributed by atoms with van der Waals surface area (Å²) in [6.45, 7) is 6.38. The lowest BCUT2D eigenvalue weighted by Crippen LogP contribution is -2.39. The zero-order valence-corrected chi connectivity index (χ0v) is 12.1. The van der Waals surface area contributed by atoms with Gasteiger partial charge in [0.1, 0.15) is 6.04 Å². The maximum Gasteiger partial charge on any atom is 0.248 e. The first kappa shape index (κ1) is 15.8. The van der Waals surface area contributed by atoms with Crippen molar-refractivity contribution >= 4 is 23.2 Å². The minimum Gasteiger partial charge on any atom is -0.397 e. The Balaban J connectivity index is 2.74. The lowest BCUT2D eigenvalue weighted by Gasteiger charge is -2.17. The zero-order chi connectivity index (χ0) is 15.3. The number of hydrogen-bond acceptors (Lipinski definition) is 4. The molecule has 0 heterocycles. The molecular weight excluding hydrogens is 256 g/mol. The third kappa shape index (κ3) is 4.46. The molecule has 0 aliphatic heterocycles. The Morgan fingerprint density at radius 3 is 2.45 bits per heavy atom. The number of amides is 2. The van der Waals surface area contributed by atoms with E-state index in [2.05, 4.69) is 10.6 Å². The lowest BCUT2D eigenvalue weighted by molar-refractivity contribution is -0.121. The van der Waals surface area contributed by atoms with Crippen molar-refractivity contribution in [2.75, 3.05) is 17.6 Å². The van der Waals surface area contributed by atoms with Crippen LogP contribution in [-0.4, -0.2) is 24.4 Å². The fraction of sp³-hybridized carbons (Fsp3) is 0.429. The SMILES string of the molecule is CC(C)CNC(=O)C(C)Nc1cc(C(N)=O)ccc1N. The fourth-order valence-corrected chi connectivity index (χ4v) is 1.59. The molecule has 1 rings (SSSR count). The Morgan fingerprint density at radius 2 is 1.90 bits per heavy atom. The van der Waals surface area contributed by atoms with E-state index < -0.39 is 11.9 Å². The molecule has 0 bridgehead atoms. The van der Waals surface area contributed by atoms with Gasteiger partial charge in [-0.2, -0.15) is 0 Å². The van der Waals surface area contributed by atoms with Gasteiger partial charge in [-0.3, -0.25) is 9.59 Å². The lowest BCUT2D eigenvalue weighted by atomic mass is 10.1. The summed E-state index contributed by atoms with van der Waals surface area (Å²) >= 11 is 0. The molecule has 0 fully saturated rings. The largest absolute Gasteiger partial charge is 0.397 e. The van der Waals surface area contributed by atoms with Crippen molar-refractivity contribution in [1.82, 2.24) is 5.32 Å². The van der Waals surface area contributed by atoms with Crippen LogP contribution in [0.2, 0.25) is 0 Å². The number of nitrogens with two attached hydrogens (primary N) is 2. The molecule has 0 saturated heterocycles. The van der Waals surface area contributed by atoms with E-state index in [1.807, 2.05) is 13.8 Å². The van der Waals surface area contributed by atoms with E-state index >= 15 is 0 Å². The zero-order valence-electron chi connectivity index (χ0n) is 12.1. The maximum absolute atomic E-state index is 11.9. The van der Waals surface area contributed by atoms with Crippen molar-refractivity contribution in [2.45, 2.75) is 26.8 Å². The number of rotatable bonds is 6. The van der Waals surface area contributed by atoms with Crippen LogP contribution in [-0.2, 0) is 4.79 Å². The maximum atomic E-state index is 11.9. The number of benzene rings is 1. The highest BCUT2D eigenvalue weighted by Crippen LogP contribution is 2.20.